The molecule has 3 heteroatoms. The summed E-state index contributed by atoms with van der Waals surface area (Å²) >= 11 is 0. The Morgan fingerprint density at radius 2 is 1.75 bits per heavy atom. The molecular formula is C21H23NO2. The first kappa shape index (κ1) is 17.6. The quantitative estimate of drug-likeness (QED) is 0.819. The van der Waals surface area contributed by atoms with Crippen LogP contribution in [-0.4, -0.2) is 11.7 Å². The molecule has 1 unspecified atom stereocenters. The minimum Gasteiger partial charge on any atom is -0.443 e. The molecule has 0 heterocycles. The third-order valence-electron chi connectivity index (χ3n) is 4.25. The van der Waals surface area contributed by atoms with Crippen molar-refractivity contribution < 1.29 is 9.53 Å². The summed E-state index contributed by atoms with van der Waals surface area (Å²) < 4.78 is 5.40. The van der Waals surface area contributed by atoms with Crippen LogP contribution in [0.15, 0.2) is 54.6 Å². The van der Waals surface area contributed by atoms with Crippen LogP contribution in [0.5, 0.6) is 0 Å². The average molecular weight is 321 g/mol. The van der Waals surface area contributed by atoms with Crippen molar-refractivity contribution in [2.75, 3.05) is 0 Å². The van der Waals surface area contributed by atoms with Crippen LogP contribution in [0.4, 0.5) is 4.79 Å². The number of nitrogens with two attached hydrogens (primary N) is 1. The fraction of sp³-hybridized carbons (Fsp3) is 0.286. The number of amides is 1. The summed E-state index contributed by atoms with van der Waals surface area (Å²) in [6.45, 7) is 3.80. The van der Waals surface area contributed by atoms with Gasteiger partial charge in [-0.15, -0.1) is 6.42 Å². The van der Waals surface area contributed by atoms with Crippen molar-refractivity contribution in [2.24, 2.45) is 11.7 Å². The zero-order chi connectivity index (χ0) is 17.6. The molecule has 2 rings (SSSR count). The molecule has 0 spiro atoms. The topological polar surface area (TPSA) is 52.3 Å². The van der Waals surface area contributed by atoms with Crippen LogP contribution in [0.2, 0.25) is 0 Å². The largest absolute Gasteiger partial charge is 0.443 e. The molecule has 2 aromatic carbocycles. The van der Waals surface area contributed by atoms with E-state index in [1.807, 2.05) is 56.3 Å². The third-order valence-corrected chi connectivity index (χ3v) is 4.25. The number of primary amides is 1. The molecule has 0 radical (unpaired) electrons. The molecule has 2 aromatic rings. The second-order valence-electron chi connectivity index (χ2n) is 6.46. The Bertz CT molecular complexity index is 729. The number of ether oxygens (including phenoxy) is 1. The molecule has 0 fully saturated rings. The number of hydrogen-bond donors (Lipinski definition) is 1. The Hall–Kier alpha value is -2.73. The Kier molecular flexibility index (Phi) is 5.65. The van der Waals surface area contributed by atoms with E-state index in [2.05, 4.69) is 18.1 Å². The normalized spacial score (nSPS) is 12.2. The molecule has 0 aliphatic heterocycles. The lowest BCUT2D eigenvalue weighted by atomic mass is 9.80. The molecule has 0 aliphatic carbocycles. The van der Waals surface area contributed by atoms with Gasteiger partial charge in [0, 0.05) is 11.5 Å². The summed E-state index contributed by atoms with van der Waals surface area (Å²) in [7, 11) is 0. The van der Waals surface area contributed by atoms with Gasteiger partial charge in [0.15, 0.2) is 0 Å². The molecule has 2 N–H and O–H groups in total. The van der Waals surface area contributed by atoms with Gasteiger partial charge in [-0.3, -0.25) is 0 Å². The van der Waals surface area contributed by atoms with Gasteiger partial charge in [-0.1, -0.05) is 48.4 Å². The van der Waals surface area contributed by atoms with E-state index in [0.717, 1.165) is 24.0 Å². The van der Waals surface area contributed by atoms with Gasteiger partial charge in [0.1, 0.15) is 5.60 Å². The van der Waals surface area contributed by atoms with Crippen LogP contribution >= 0.6 is 0 Å². The van der Waals surface area contributed by atoms with Crippen LogP contribution < -0.4 is 5.73 Å². The minimum atomic E-state index is -0.754. The number of rotatable bonds is 6. The lowest BCUT2D eigenvalue weighted by Gasteiger charge is -2.34. The molecule has 0 saturated carbocycles. The van der Waals surface area contributed by atoms with E-state index < -0.39 is 11.7 Å². The summed E-state index contributed by atoms with van der Waals surface area (Å²) in [6.07, 6.45) is 6.25. The molecule has 0 aromatic heterocycles. The van der Waals surface area contributed by atoms with Crippen LogP contribution in [0.1, 0.15) is 30.5 Å². The first-order chi connectivity index (χ1) is 11.4. The number of hydrogen-bond acceptors (Lipinski definition) is 2. The van der Waals surface area contributed by atoms with Gasteiger partial charge in [0.25, 0.3) is 0 Å². The van der Waals surface area contributed by atoms with Crippen molar-refractivity contribution in [3.63, 3.8) is 0 Å². The first-order valence-electron chi connectivity index (χ1n) is 7.98. The average Bonchev–Trinajstić information content (AvgIpc) is 2.54. The summed E-state index contributed by atoms with van der Waals surface area (Å²) in [5, 5.41) is 0. The maximum Gasteiger partial charge on any atom is 0.405 e. The van der Waals surface area contributed by atoms with Crippen LogP contribution in [0, 0.1) is 18.3 Å². The molecule has 0 aliphatic rings. The Morgan fingerprint density at radius 1 is 1.12 bits per heavy atom. The lowest BCUT2D eigenvalue weighted by Crippen LogP contribution is -2.40. The van der Waals surface area contributed by atoms with E-state index in [1.54, 1.807) is 0 Å². The number of carbonyl (C=O) groups excluding carboxylic acids is 1. The van der Waals surface area contributed by atoms with Crippen LogP contribution in [-0.2, 0) is 17.6 Å². The molecule has 0 saturated heterocycles. The van der Waals surface area contributed by atoms with Crippen LogP contribution in [0.3, 0.4) is 0 Å². The fourth-order valence-electron chi connectivity index (χ4n) is 2.88. The molecule has 3 nitrogen and oxygen atoms in total. The van der Waals surface area contributed by atoms with Gasteiger partial charge in [-0.2, -0.15) is 0 Å². The van der Waals surface area contributed by atoms with Gasteiger partial charge >= 0.3 is 6.09 Å². The highest BCUT2D eigenvalue weighted by Crippen LogP contribution is 2.29. The van der Waals surface area contributed by atoms with Crippen molar-refractivity contribution in [2.45, 2.75) is 32.3 Å². The number of carbonyl (C=O) groups is 1. The van der Waals surface area contributed by atoms with E-state index in [9.17, 15) is 4.79 Å². The lowest BCUT2D eigenvalue weighted by molar-refractivity contribution is -0.00141. The number of benzene rings is 2. The van der Waals surface area contributed by atoms with E-state index in [0.29, 0.717) is 0 Å². The summed E-state index contributed by atoms with van der Waals surface area (Å²) in [5.41, 5.74) is 7.73. The van der Waals surface area contributed by atoms with Crippen molar-refractivity contribution in [1.82, 2.24) is 0 Å². The van der Waals surface area contributed by atoms with Crippen LogP contribution in [0.25, 0.3) is 0 Å². The Labute approximate surface area is 143 Å². The SMILES string of the molecule is C#Cc1cccc(CC(Cc2ccccc2)C(C)(C)OC(N)=O)c1. The van der Waals surface area contributed by atoms with Gasteiger partial charge in [0.2, 0.25) is 0 Å². The van der Waals surface area contributed by atoms with Gasteiger partial charge in [-0.25, -0.2) is 4.79 Å². The van der Waals surface area contributed by atoms with Gasteiger partial charge < -0.3 is 10.5 Å². The van der Waals surface area contributed by atoms with Gasteiger partial charge in [-0.05, 0) is 49.9 Å². The van der Waals surface area contributed by atoms with Crippen molar-refractivity contribution in [1.29, 1.82) is 0 Å². The van der Waals surface area contributed by atoms with E-state index in [4.69, 9.17) is 16.9 Å². The highest BCUT2D eigenvalue weighted by Gasteiger charge is 2.33. The second-order valence-corrected chi connectivity index (χ2v) is 6.46. The zero-order valence-corrected chi connectivity index (χ0v) is 14.2. The van der Waals surface area contributed by atoms with Crippen molar-refractivity contribution in [3.8, 4) is 12.3 Å². The minimum absolute atomic E-state index is 0.0698. The molecule has 124 valence electrons. The molecule has 0 bridgehead atoms. The Morgan fingerprint density at radius 3 is 2.38 bits per heavy atom. The summed E-state index contributed by atoms with van der Waals surface area (Å²) in [4.78, 5) is 11.3. The molecule has 24 heavy (non-hydrogen) atoms. The zero-order valence-electron chi connectivity index (χ0n) is 14.2. The first-order valence-corrected chi connectivity index (χ1v) is 7.98. The summed E-state index contributed by atoms with van der Waals surface area (Å²) in [6, 6.07) is 18.0. The molecular weight excluding hydrogens is 298 g/mol. The van der Waals surface area contributed by atoms with Crippen molar-refractivity contribution >= 4 is 6.09 Å². The third kappa shape index (κ3) is 4.89. The standard InChI is InChI=1S/C21H23NO2/c1-4-16-11-8-12-18(13-16)15-19(21(2,3)24-20(22)23)14-17-9-6-5-7-10-17/h1,5-13,19H,14-15H2,2-3H3,(H2,22,23). The fourth-order valence-corrected chi connectivity index (χ4v) is 2.88. The predicted molar refractivity (Wildman–Crippen MR) is 96.5 cm³/mol. The predicted octanol–water partition coefficient (Wildman–Crippen LogP) is 3.94. The number of terminal acetylenes is 1. The second kappa shape index (κ2) is 7.70. The molecule has 1 atom stereocenters. The molecule has 1 amide bonds. The van der Waals surface area contributed by atoms with E-state index >= 15 is 0 Å². The highest BCUT2D eigenvalue weighted by atomic mass is 16.6. The smallest absolute Gasteiger partial charge is 0.405 e. The maximum absolute atomic E-state index is 11.3. The van der Waals surface area contributed by atoms with E-state index in [-0.39, 0.29) is 5.92 Å². The van der Waals surface area contributed by atoms with Crippen molar-refractivity contribution in [3.05, 3.63) is 71.3 Å². The highest BCUT2D eigenvalue weighted by molar-refractivity contribution is 5.65. The maximum atomic E-state index is 11.3. The van der Waals surface area contributed by atoms with E-state index in [1.165, 1.54) is 5.56 Å². The monoisotopic (exact) mass is 321 g/mol. The summed E-state index contributed by atoms with van der Waals surface area (Å²) in [5.74, 6) is 2.73. The Balaban J connectivity index is 2.27. The van der Waals surface area contributed by atoms with Gasteiger partial charge in [0.05, 0.1) is 0 Å².